The summed E-state index contributed by atoms with van der Waals surface area (Å²) in [5, 5.41) is 15.7. The Kier molecular flexibility index (Phi) is 11.4. The minimum atomic E-state index is -0.406. The van der Waals surface area contributed by atoms with Crippen molar-refractivity contribution >= 4 is 60.2 Å². The summed E-state index contributed by atoms with van der Waals surface area (Å²) in [6, 6.07) is 14.5. The third-order valence-corrected chi connectivity index (χ3v) is 6.31. The van der Waals surface area contributed by atoms with Crippen LogP contribution < -0.4 is 25.6 Å². The number of allylic oxidation sites excluding steroid dienone is 1. The Bertz CT molecular complexity index is 1200. The normalized spacial score (nSPS) is 13.6. The average molecular weight is 556 g/mol. The van der Waals surface area contributed by atoms with Crippen LogP contribution in [0.4, 0.5) is 27.3 Å². The van der Waals surface area contributed by atoms with Gasteiger partial charge in [-0.3, -0.25) is 10.6 Å². The van der Waals surface area contributed by atoms with Gasteiger partial charge in [-0.2, -0.15) is 5.17 Å². The molecule has 0 amide bonds. The third kappa shape index (κ3) is 7.72. The van der Waals surface area contributed by atoms with Crippen molar-refractivity contribution in [2.24, 2.45) is 0 Å². The molecule has 11 heteroatoms. The Morgan fingerprint density at radius 3 is 2.58 bits per heavy atom. The minimum Gasteiger partial charge on any atom is -0.497 e. The Labute approximate surface area is 235 Å². The lowest BCUT2D eigenvalue weighted by Gasteiger charge is -2.34. The monoisotopic (exact) mass is 555 g/mol. The van der Waals surface area contributed by atoms with Crippen LogP contribution in [0.25, 0.3) is 6.08 Å². The van der Waals surface area contributed by atoms with Gasteiger partial charge in [0.15, 0.2) is 18.8 Å². The second kappa shape index (κ2) is 14.8. The summed E-state index contributed by atoms with van der Waals surface area (Å²) in [6.07, 6.45) is 8.16. The van der Waals surface area contributed by atoms with Crippen molar-refractivity contribution < 1.29 is 14.3 Å². The topological polar surface area (TPSA) is 72.9 Å². The molecule has 1 aliphatic rings. The summed E-state index contributed by atoms with van der Waals surface area (Å²) >= 11 is 8.88. The van der Waals surface area contributed by atoms with E-state index >= 15 is 0 Å². The number of hydrogen-bond donors (Lipinski definition) is 4. The van der Waals surface area contributed by atoms with Crippen molar-refractivity contribution in [3.8, 4) is 5.75 Å². The van der Waals surface area contributed by atoms with Gasteiger partial charge < -0.3 is 15.0 Å². The fraction of sp³-hybridized carbons (Fsp3) is 0.296. The molecule has 0 bridgehead atoms. The average Bonchev–Trinajstić information content (AvgIpc) is 2.95. The molecule has 0 atom stereocenters. The number of halogens is 2. The van der Waals surface area contributed by atoms with Gasteiger partial charge in [-0.1, -0.05) is 42.8 Å². The van der Waals surface area contributed by atoms with Crippen molar-refractivity contribution in [1.29, 1.82) is 0 Å². The zero-order valence-electron chi connectivity index (χ0n) is 21.4. The van der Waals surface area contributed by atoms with Crippen molar-refractivity contribution in [3.63, 3.8) is 0 Å². The number of nitrogens with one attached hydrogen (secondary N) is 2. The fourth-order valence-electron chi connectivity index (χ4n) is 4.19. The van der Waals surface area contributed by atoms with Gasteiger partial charge in [0.2, 0.25) is 0 Å². The summed E-state index contributed by atoms with van der Waals surface area (Å²) in [5.41, 5.74) is 6.30. The molecule has 1 aliphatic heterocycles. The van der Waals surface area contributed by atoms with E-state index in [0.717, 1.165) is 41.4 Å². The van der Waals surface area contributed by atoms with Crippen LogP contribution >= 0.6 is 24.1 Å². The van der Waals surface area contributed by atoms with Crippen molar-refractivity contribution in [2.45, 2.75) is 32.2 Å². The lowest BCUT2D eigenvalue weighted by atomic mass is 10.0. The Morgan fingerprint density at radius 2 is 1.95 bits per heavy atom. The van der Waals surface area contributed by atoms with Crippen LogP contribution in [-0.4, -0.2) is 43.6 Å². The van der Waals surface area contributed by atoms with Gasteiger partial charge in [-0.05, 0) is 61.2 Å². The van der Waals surface area contributed by atoms with Crippen LogP contribution in [-0.2, 0) is 0 Å². The second-order valence-electron chi connectivity index (χ2n) is 8.57. The van der Waals surface area contributed by atoms with Crippen LogP contribution in [0.5, 0.6) is 5.75 Å². The highest BCUT2D eigenvalue weighted by atomic mass is 35.5. The predicted molar refractivity (Wildman–Crippen MR) is 159 cm³/mol. The number of piperidine rings is 1. The van der Waals surface area contributed by atoms with Gasteiger partial charge >= 0.3 is 0 Å². The summed E-state index contributed by atoms with van der Waals surface area (Å²) in [5.74, 6) is 0.639. The number of hydrogen-bond acceptors (Lipinski definition) is 8. The van der Waals surface area contributed by atoms with Crippen LogP contribution in [0.15, 0.2) is 60.8 Å². The Balaban J connectivity index is 0.00000195. The number of thiol groups is 1. The van der Waals surface area contributed by atoms with Crippen LogP contribution in [0.3, 0.4) is 0 Å². The number of rotatable bonds is 9. The summed E-state index contributed by atoms with van der Waals surface area (Å²) in [4.78, 5) is 6.13. The van der Waals surface area contributed by atoms with Crippen LogP contribution in [0.1, 0.15) is 31.7 Å². The molecule has 2 radical (unpaired) electrons. The lowest BCUT2D eigenvalue weighted by Crippen LogP contribution is -2.40. The van der Waals surface area contributed by atoms with E-state index in [0.29, 0.717) is 30.3 Å². The molecule has 0 unspecified atom stereocenters. The first-order valence-electron chi connectivity index (χ1n) is 12.3. The number of aromatic nitrogens is 1. The number of pyridine rings is 1. The van der Waals surface area contributed by atoms with E-state index < -0.39 is 5.82 Å². The third-order valence-electron chi connectivity index (χ3n) is 6.10. The highest BCUT2D eigenvalue weighted by Crippen LogP contribution is 2.32. The molecule has 1 aromatic heterocycles. The molecule has 0 spiro atoms. The maximum Gasteiger partial charge on any atom is 0.167 e. The molecule has 7 nitrogen and oxygen atoms in total. The van der Waals surface area contributed by atoms with E-state index in [1.54, 1.807) is 31.4 Å². The molecule has 2 heterocycles. The van der Waals surface area contributed by atoms with Crippen molar-refractivity contribution in [2.75, 3.05) is 41.0 Å². The summed E-state index contributed by atoms with van der Waals surface area (Å²) in [6.45, 7) is 3.42. The molecule has 3 aromatic rings. The van der Waals surface area contributed by atoms with Crippen LogP contribution in [0.2, 0.25) is 5.02 Å². The quantitative estimate of drug-likeness (QED) is 0.135. The van der Waals surface area contributed by atoms with Gasteiger partial charge in [0.05, 0.1) is 29.2 Å². The predicted octanol–water partition coefficient (Wildman–Crippen LogP) is 6.61. The highest BCUT2D eigenvalue weighted by molar-refractivity contribution is 8.03. The number of hydrazine groups is 1. The molecule has 3 N–H and O–H groups in total. The fourth-order valence-corrected chi connectivity index (χ4v) is 4.33. The van der Waals surface area contributed by atoms with E-state index in [-0.39, 0.29) is 11.1 Å². The molecular formula is C27H32BClFN5O2S. The van der Waals surface area contributed by atoms with Gasteiger partial charge in [-0.15, -0.1) is 0 Å². The van der Waals surface area contributed by atoms with Gasteiger partial charge in [0.25, 0.3) is 0 Å². The van der Waals surface area contributed by atoms with E-state index in [1.807, 2.05) is 23.1 Å². The minimum absolute atomic E-state index is 0.168. The number of anilines is 4. The highest BCUT2D eigenvalue weighted by Gasteiger charge is 2.24. The number of benzene rings is 2. The number of ether oxygens (including phenoxy) is 1. The largest absolute Gasteiger partial charge is 0.497 e. The van der Waals surface area contributed by atoms with Gasteiger partial charge in [0.1, 0.15) is 5.75 Å². The molecular weight excluding hydrogens is 524 g/mol. The first-order valence-corrected chi connectivity index (χ1v) is 13.2. The first-order chi connectivity index (χ1) is 18.5. The maximum atomic E-state index is 14.4. The summed E-state index contributed by atoms with van der Waals surface area (Å²) in [7, 11) is 5.80. The SMILES string of the molecule is CC/C=C/c1cccc(NN(O)c2ccc(OC)cc2)c1NC1CCN(c2ncc(Cl)cc2F)CC1.[B]S. The molecule has 1 fully saturated rings. The zero-order chi connectivity index (χ0) is 27.5. The summed E-state index contributed by atoms with van der Waals surface area (Å²) < 4.78 is 19.6. The first kappa shape index (κ1) is 29.5. The molecule has 4 rings (SSSR count). The number of methoxy groups -OCH3 is 1. The Hall–Kier alpha value is -3.08. The van der Waals surface area contributed by atoms with Gasteiger partial charge in [0, 0.05) is 25.3 Å². The second-order valence-corrected chi connectivity index (χ2v) is 9.00. The van der Waals surface area contributed by atoms with Crippen LogP contribution in [0, 0.1) is 5.82 Å². The Morgan fingerprint density at radius 1 is 1.24 bits per heavy atom. The number of nitrogens with zero attached hydrogens (tertiary/aromatic N) is 3. The smallest absolute Gasteiger partial charge is 0.167 e. The molecule has 200 valence electrons. The van der Waals surface area contributed by atoms with E-state index in [9.17, 15) is 9.60 Å². The zero-order valence-corrected chi connectivity index (χ0v) is 23.1. The molecule has 1 saturated heterocycles. The van der Waals surface area contributed by atoms with Crippen molar-refractivity contribution in [3.05, 3.63) is 77.2 Å². The molecule has 0 aliphatic carbocycles. The van der Waals surface area contributed by atoms with Crippen molar-refractivity contribution in [1.82, 2.24) is 4.98 Å². The lowest BCUT2D eigenvalue weighted by molar-refractivity contribution is 0.277. The van der Waals surface area contributed by atoms with E-state index in [2.05, 4.69) is 54.4 Å². The molecule has 2 aromatic carbocycles. The maximum absolute atomic E-state index is 14.4. The molecule has 38 heavy (non-hydrogen) atoms. The van der Waals surface area contributed by atoms with E-state index in [4.69, 9.17) is 16.3 Å². The molecule has 0 saturated carbocycles. The standard InChI is InChI=1S/C27H31ClFN5O2.BHS/c1-3-4-6-19-7-5-8-25(32-34(35)22-9-11-23(36-2)12-10-22)26(19)31-21-13-15-33(16-14-21)27-24(29)17-20(28)18-30-27;1-2/h4-12,17-18,21,31-32,35H,3,13-16H2,1-2H3;2H/b6-4+;. The van der Waals surface area contributed by atoms with E-state index in [1.165, 1.54) is 12.3 Å². The number of para-hydroxylation sites is 1. The van der Waals surface area contributed by atoms with Gasteiger partial charge in [-0.25, -0.2) is 21.9 Å².